The minimum absolute atomic E-state index is 0.0902. The molecule has 3 heterocycles. The summed E-state index contributed by atoms with van der Waals surface area (Å²) in [6.45, 7) is 5.46. The van der Waals surface area contributed by atoms with Gasteiger partial charge in [-0.05, 0) is 42.7 Å². The number of nitrogens with zero attached hydrogens (tertiary/aromatic N) is 4. The van der Waals surface area contributed by atoms with Crippen molar-refractivity contribution >= 4 is 28.4 Å². The number of rotatable bonds is 2. The van der Waals surface area contributed by atoms with Crippen molar-refractivity contribution in [2.24, 2.45) is 0 Å². The first-order chi connectivity index (χ1) is 15.0. The summed E-state index contributed by atoms with van der Waals surface area (Å²) in [7, 11) is 0. The average molecular weight is 418 g/mol. The molecule has 1 amide bonds. The quantitative estimate of drug-likeness (QED) is 0.690. The number of likely N-dealkylation sites (tertiary alicyclic amines) is 1. The van der Waals surface area contributed by atoms with E-state index in [0.29, 0.717) is 25.6 Å². The molecule has 7 heteroatoms. The van der Waals surface area contributed by atoms with Crippen LogP contribution in [-0.2, 0) is 4.74 Å². The molecular weight excluding hydrogens is 390 g/mol. The fraction of sp³-hybridized carbons (Fsp3) is 0.375. The molecule has 0 atom stereocenters. The molecule has 160 valence electrons. The minimum Gasteiger partial charge on any atom is -0.371 e. The van der Waals surface area contributed by atoms with Gasteiger partial charge in [0.15, 0.2) is 0 Å². The van der Waals surface area contributed by atoms with E-state index in [1.807, 2.05) is 54.3 Å². The zero-order valence-corrected chi connectivity index (χ0v) is 17.8. The topological polar surface area (TPSA) is 84.6 Å². The van der Waals surface area contributed by atoms with Crippen molar-refractivity contribution in [1.82, 2.24) is 14.9 Å². The number of carbonyl (C=O) groups excluding carboxylic acids is 1. The summed E-state index contributed by atoms with van der Waals surface area (Å²) in [5.74, 6) is 1.24. The van der Waals surface area contributed by atoms with Crippen LogP contribution in [-0.4, -0.2) is 59.2 Å². The Balaban J connectivity index is 1.28. The number of aromatic nitrogens is 2. The maximum absolute atomic E-state index is 13.1. The van der Waals surface area contributed by atoms with Crippen LogP contribution in [0.5, 0.6) is 0 Å². The average Bonchev–Trinajstić information content (AvgIpc) is 2.78. The molecule has 0 radical (unpaired) electrons. The molecule has 0 aliphatic carbocycles. The zero-order valence-electron chi connectivity index (χ0n) is 17.8. The molecule has 2 aliphatic heterocycles. The van der Waals surface area contributed by atoms with Gasteiger partial charge in [-0.25, -0.2) is 4.98 Å². The molecule has 0 saturated carbocycles. The highest BCUT2D eigenvalue weighted by Gasteiger charge is 2.41. The lowest BCUT2D eigenvalue weighted by molar-refractivity contribution is -0.0870. The number of anilines is 2. The van der Waals surface area contributed by atoms with Crippen LogP contribution in [0.3, 0.4) is 0 Å². The van der Waals surface area contributed by atoms with Crippen LogP contribution in [0.1, 0.15) is 28.9 Å². The van der Waals surface area contributed by atoms with Crippen LogP contribution in [0.4, 0.5) is 11.8 Å². The highest BCUT2D eigenvalue weighted by molar-refractivity contribution is 5.98. The van der Waals surface area contributed by atoms with Gasteiger partial charge >= 0.3 is 0 Å². The number of carbonyl (C=O) groups is 1. The number of fused-ring (bicyclic) bond motifs is 1. The Morgan fingerprint density at radius 1 is 1.03 bits per heavy atom. The van der Waals surface area contributed by atoms with E-state index in [9.17, 15) is 4.79 Å². The highest BCUT2D eigenvalue weighted by atomic mass is 16.5. The van der Waals surface area contributed by atoms with Gasteiger partial charge in [0.05, 0.1) is 12.2 Å². The zero-order chi connectivity index (χ0) is 21.4. The van der Waals surface area contributed by atoms with Crippen LogP contribution in [0, 0.1) is 6.92 Å². The summed E-state index contributed by atoms with van der Waals surface area (Å²) in [4.78, 5) is 25.9. The van der Waals surface area contributed by atoms with Gasteiger partial charge in [0, 0.05) is 43.5 Å². The monoisotopic (exact) mass is 417 g/mol. The maximum Gasteiger partial charge on any atom is 0.253 e. The number of piperidine rings is 1. The van der Waals surface area contributed by atoms with Gasteiger partial charge in [-0.2, -0.15) is 4.98 Å². The first-order valence-corrected chi connectivity index (χ1v) is 10.8. The molecule has 0 unspecified atom stereocenters. The molecule has 2 N–H and O–H groups in total. The van der Waals surface area contributed by atoms with E-state index in [1.54, 1.807) is 0 Å². The number of ether oxygens (including phenoxy) is 1. The van der Waals surface area contributed by atoms with Crippen molar-refractivity contribution < 1.29 is 9.53 Å². The fourth-order valence-corrected chi connectivity index (χ4v) is 4.70. The lowest BCUT2D eigenvalue weighted by atomic mass is 9.89. The molecule has 2 fully saturated rings. The lowest BCUT2D eigenvalue weighted by Crippen LogP contribution is -2.57. The summed E-state index contributed by atoms with van der Waals surface area (Å²) < 4.78 is 6.26. The molecule has 31 heavy (non-hydrogen) atoms. The molecule has 5 rings (SSSR count). The number of nitrogens with two attached hydrogens (primary N) is 1. The SMILES string of the molecule is Cc1cc(N2CCOC3(CCN(C(=O)c4ccc5ccccc5c4)CC3)C2)nc(N)n1. The van der Waals surface area contributed by atoms with E-state index in [1.165, 1.54) is 0 Å². The van der Waals surface area contributed by atoms with E-state index >= 15 is 0 Å². The van der Waals surface area contributed by atoms with Crippen molar-refractivity contribution in [2.75, 3.05) is 43.4 Å². The van der Waals surface area contributed by atoms with E-state index in [4.69, 9.17) is 10.5 Å². The summed E-state index contributed by atoms with van der Waals surface area (Å²) >= 11 is 0. The van der Waals surface area contributed by atoms with Crippen LogP contribution >= 0.6 is 0 Å². The van der Waals surface area contributed by atoms with Gasteiger partial charge in [-0.3, -0.25) is 4.79 Å². The van der Waals surface area contributed by atoms with Crippen LogP contribution in [0.25, 0.3) is 10.8 Å². The second-order valence-electron chi connectivity index (χ2n) is 8.53. The molecule has 2 aromatic carbocycles. The molecular formula is C24H27N5O2. The predicted octanol–water partition coefficient (Wildman–Crippen LogP) is 3.03. The molecule has 7 nitrogen and oxygen atoms in total. The van der Waals surface area contributed by atoms with E-state index < -0.39 is 0 Å². The Bertz CT molecular complexity index is 1100. The minimum atomic E-state index is -0.258. The molecule has 1 spiro atoms. The second-order valence-corrected chi connectivity index (χ2v) is 8.53. The lowest BCUT2D eigenvalue weighted by Gasteiger charge is -2.47. The van der Waals surface area contributed by atoms with Gasteiger partial charge in [0.1, 0.15) is 5.82 Å². The van der Waals surface area contributed by atoms with E-state index in [-0.39, 0.29) is 11.5 Å². The van der Waals surface area contributed by atoms with Crippen LogP contribution in [0.2, 0.25) is 0 Å². The highest BCUT2D eigenvalue weighted by Crippen LogP contribution is 2.32. The predicted molar refractivity (Wildman–Crippen MR) is 121 cm³/mol. The Morgan fingerprint density at radius 2 is 1.81 bits per heavy atom. The van der Waals surface area contributed by atoms with Gasteiger partial charge < -0.3 is 20.3 Å². The number of nitrogen functional groups attached to an aromatic ring is 1. The first-order valence-electron chi connectivity index (χ1n) is 10.8. The summed E-state index contributed by atoms with van der Waals surface area (Å²) in [6, 6.07) is 16.0. The third kappa shape index (κ3) is 3.93. The summed E-state index contributed by atoms with van der Waals surface area (Å²) in [5.41, 5.74) is 7.20. The Hall–Kier alpha value is -3.19. The molecule has 0 bridgehead atoms. The Kier molecular flexibility index (Phi) is 4.98. The third-order valence-electron chi connectivity index (χ3n) is 6.39. The van der Waals surface area contributed by atoms with Crippen molar-refractivity contribution in [1.29, 1.82) is 0 Å². The van der Waals surface area contributed by atoms with Crippen molar-refractivity contribution in [3.8, 4) is 0 Å². The van der Waals surface area contributed by atoms with Gasteiger partial charge in [-0.15, -0.1) is 0 Å². The van der Waals surface area contributed by atoms with Gasteiger partial charge in [0.25, 0.3) is 5.91 Å². The Morgan fingerprint density at radius 3 is 2.58 bits per heavy atom. The number of benzene rings is 2. The maximum atomic E-state index is 13.1. The first kappa shape index (κ1) is 19.8. The molecule has 2 aliphatic rings. The van der Waals surface area contributed by atoms with Crippen LogP contribution in [0.15, 0.2) is 48.5 Å². The van der Waals surface area contributed by atoms with E-state index in [0.717, 1.165) is 53.8 Å². The number of hydrogen-bond donors (Lipinski definition) is 1. The van der Waals surface area contributed by atoms with Gasteiger partial charge in [-0.1, -0.05) is 30.3 Å². The van der Waals surface area contributed by atoms with E-state index in [2.05, 4.69) is 20.9 Å². The summed E-state index contributed by atoms with van der Waals surface area (Å²) in [6.07, 6.45) is 1.62. The molecule has 1 aromatic heterocycles. The standard InChI is InChI=1S/C24H27N5O2/c1-17-14-21(27-23(25)26-17)29-12-13-31-24(16-29)8-10-28(11-9-24)22(30)20-7-6-18-4-2-3-5-19(18)15-20/h2-7,14-15H,8-13,16H2,1H3,(H2,25,26,27). The van der Waals surface area contributed by atoms with Crippen molar-refractivity contribution in [3.63, 3.8) is 0 Å². The van der Waals surface area contributed by atoms with Crippen molar-refractivity contribution in [2.45, 2.75) is 25.4 Å². The normalized spacial score (nSPS) is 18.5. The Labute approximate surface area is 181 Å². The molecule has 3 aromatic rings. The van der Waals surface area contributed by atoms with Crippen LogP contribution < -0.4 is 10.6 Å². The largest absolute Gasteiger partial charge is 0.371 e. The fourth-order valence-electron chi connectivity index (χ4n) is 4.70. The summed E-state index contributed by atoms with van der Waals surface area (Å²) in [5, 5.41) is 2.24. The van der Waals surface area contributed by atoms with Gasteiger partial charge in [0.2, 0.25) is 5.95 Å². The number of aryl methyl sites for hydroxylation is 1. The van der Waals surface area contributed by atoms with Crippen molar-refractivity contribution in [3.05, 3.63) is 59.8 Å². The smallest absolute Gasteiger partial charge is 0.253 e. The third-order valence-corrected chi connectivity index (χ3v) is 6.39. The number of hydrogen-bond acceptors (Lipinski definition) is 6. The second kappa shape index (κ2) is 7.81. The number of amides is 1. The number of morpholine rings is 1. The molecule has 2 saturated heterocycles.